The van der Waals surface area contributed by atoms with Gasteiger partial charge in [0.1, 0.15) is 5.75 Å². The lowest BCUT2D eigenvalue weighted by Gasteiger charge is -2.14. The summed E-state index contributed by atoms with van der Waals surface area (Å²) in [6, 6.07) is 25.0. The molecule has 5 heteroatoms. The molecule has 0 spiro atoms. The standard InChI is InChI=1S/C23H21BrN2O2/c1-17(19-5-3-2-4-6-19)26-23(27)16-28-22-13-7-18(8-14-22)15-25-21-11-9-20(24)10-12-21/h2-15,17H,16H2,1H3,(H,26,27)/t17-/m0/s1. The Morgan fingerprint density at radius 1 is 1.04 bits per heavy atom. The van der Waals surface area contributed by atoms with Gasteiger partial charge >= 0.3 is 0 Å². The SMILES string of the molecule is C[C@H](NC(=O)COc1ccc(C=Nc2ccc(Br)cc2)cc1)c1ccccc1. The molecule has 0 saturated carbocycles. The van der Waals surface area contributed by atoms with Crippen molar-refractivity contribution in [1.82, 2.24) is 5.32 Å². The number of carbonyl (C=O) groups is 1. The van der Waals surface area contributed by atoms with Crippen LogP contribution in [-0.4, -0.2) is 18.7 Å². The number of carbonyl (C=O) groups excluding carboxylic acids is 1. The first-order valence-electron chi connectivity index (χ1n) is 8.97. The number of nitrogens with one attached hydrogen (secondary N) is 1. The second kappa shape index (κ2) is 9.85. The van der Waals surface area contributed by atoms with Crippen LogP contribution in [0.3, 0.4) is 0 Å². The first-order chi connectivity index (χ1) is 13.6. The van der Waals surface area contributed by atoms with Gasteiger partial charge in [0.25, 0.3) is 5.91 Å². The first kappa shape index (κ1) is 19.8. The number of nitrogens with zero attached hydrogens (tertiary/aromatic N) is 1. The lowest BCUT2D eigenvalue weighted by molar-refractivity contribution is -0.123. The second-order valence-corrected chi connectivity index (χ2v) is 7.21. The fourth-order valence-corrected chi connectivity index (χ4v) is 2.85. The molecule has 0 heterocycles. The van der Waals surface area contributed by atoms with Crippen LogP contribution >= 0.6 is 15.9 Å². The highest BCUT2D eigenvalue weighted by atomic mass is 79.9. The van der Waals surface area contributed by atoms with Crippen LogP contribution in [0.2, 0.25) is 0 Å². The predicted octanol–water partition coefficient (Wildman–Crippen LogP) is 5.46. The molecule has 0 unspecified atom stereocenters. The number of rotatable bonds is 7. The highest BCUT2D eigenvalue weighted by molar-refractivity contribution is 9.10. The molecule has 4 nitrogen and oxygen atoms in total. The molecular formula is C23H21BrN2O2. The monoisotopic (exact) mass is 436 g/mol. The maximum Gasteiger partial charge on any atom is 0.258 e. The van der Waals surface area contributed by atoms with Gasteiger partial charge in [-0.3, -0.25) is 9.79 Å². The van der Waals surface area contributed by atoms with Crippen LogP contribution in [-0.2, 0) is 4.79 Å². The van der Waals surface area contributed by atoms with Gasteiger partial charge in [-0.05, 0) is 66.6 Å². The van der Waals surface area contributed by atoms with Crippen LogP contribution in [0, 0.1) is 0 Å². The molecule has 0 bridgehead atoms. The lowest BCUT2D eigenvalue weighted by Crippen LogP contribution is -2.31. The first-order valence-corrected chi connectivity index (χ1v) is 9.76. The molecule has 0 aliphatic heterocycles. The van der Waals surface area contributed by atoms with Crippen molar-refractivity contribution in [1.29, 1.82) is 0 Å². The number of hydrogen-bond donors (Lipinski definition) is 1. The molecule has 1 atom stereocenters. The van der Waals surface area contributed by atoms with Crippen LogP contribution in [0.15, 0.2) is 88.3 Å². The zero-order chi connectivity index (χ0) is 19.8. The molecule has 0 radical (unpaired) electrons. The van der Waals surface area contributed by atoms with Crippen molar-refractivity contribution in [2.45, 2.75) is 13.0 Å². The van der Waals surface area contributed by atoms with E-state index in [1.165, 1.54) is 0 Å². The van der Waals surface area contributed by atoms with E-state index in [0.717, 1.165) is 21.3 Å². The maximum atomic E-state index is 12.1. The molecule has 1 N–H and O–H groups in total. The number of hydrogen-bond acceptors (Lipinski definition) is 3. The van der Waals surface area contributed by atoms with E-state index in [4.69, 9.17) is 4.74 Å². The van der Waals surface area contributed by atoms with Gasteiger partial charge < -0.3 is 10.1 Å². The Kier molecular flexibility index (Phi) is 6.98. The van der Waals surface area contributed by atoms with Gasteiger partial charge in [-0.1, -0.05) is 46.3 Å². The summed E-state index contributed by atoms with van der Waals surface area (Å²) in [6.07, 6.45) is 1.79. The highest BCUT2D eigenvalue weighted by Gasteiger charge is 2.09. The number of ether oxygens (including phenoxy) is 1. The molecular weight excluding hydrogens is 416 g/mol. The lowest BCUT2D eigenvalue weighted by atomic mass is 10.1. The van der Waals surface area contributed by atoms with E-state index in [0.29, 0.717) is 5.75 Å². The third-order valence-electron chi connectivity index (χ3n) is 4.12. The maximum absolute atomic E-state index is 12.1. The number of aliphatic imine (C=N–C) groups is 1. The summed E-state index contributed by atoms with van der Waals surface area (Å²) in [4.78, 5) is 16.5. The van der Waals surface area contributed by atoms with E-state index in [2.05, 4.69) is 26.2 Å². The largest absolute Gasteiger partial charge is 0.484 e. The molecule has 0 aliphatic rings. The summed E-state index contributed by atoms with van der Waals surface area (Å²) in [5, 5.41) is 2.93. The van der Waals surface area contributed by atoms with Gasteiger partial charge in [0.2, 0.25) is 0 Å². The Balaban J connectivity index is 1.48. The molecule has 0 saturated heterocycles. The fraction of sp³-hybridized carbons (Fsp3) is 0.130. The Morgan fingerprint density at radius 2 is 1.71 bits per heavy atom. The number of halogens is 1. The van der Waals surface area contributed by atoms with Crippen molar-refractivity contribution < 1.29 is 9.53 Å². The smallest absolute Gasteiger partial charge is 0.258 e. The van der Waals surface area contributed by atoms with Crippen molar-refractivity contribution >= 4 is 33.7 Å². The van der Waals surface area contributed by atoms with Crippen LogP contribution in [0.4, 0.5) is 5.69 Å². The van der Waals surface area contributed by atoms with E-state index in [1.807, 2.05) is 85.8 Å². The van der Waals surface area contributed by atoms with Crippen LogP contribution in [0.1, 0.15) is 24.1 Å². The summed E-state index contributed by atoms with van der Waals surface area (Å²) < 4.78 is 6.60. The van der Waals surface area contributed by atoms with Crippen LogP contribution in [0.25, 0.3) is 0 Å². The van der Waals surface area contributed by atoms with E-state index in [1.54, 1.807) is 6.21 Å². The van der Waals surface area contributed by atoms with Crippen LogP contribution < -0.4 is 10.1 Å². The van der Waals surface area contributed by atoms with Crippen molar-refractivity contribution in [2.24, 2.45) is 4.99 Å². The summed E-state index contributed by atoms with van der Waals surface area (Å²) in [5.74, 6) is 0.487. The number of amides is 1. The Morgan fingerprint density at radius 3 is 2.39 bits per heavy atom. The normalized spacial score (nSPS) is 11.9. The van der Waals surface area contributed by atoms with Crippen molar-refractivity contribution in [2.75, 3.05) is 6.61 Å². The van der Waals surface area contributed by atoms with Crippen molar-refractivity contribution in [3.63, 3.8) is 0 Å². The predicted molar refractivity (Wildman–Crippen MR) is 116 cm³/mol. The van der Waals surface area contributed by atoms with Gasteiger partial charge in [-0.2, -0.15) is 0 Å². The number of benzene rings is 3. The van der Waals surface area contributed by atoms with Gasteiger partial charge in [-0.15, -0.1) is 0 Å². The highest BCUT2D eigenvalue weighted by Crippen LogP contribution is 2.17. The Hall–Kier alpha value is -2.92. The average Bonchev–Trinajstić information content (AvgIpc) is 2.73. The molecule has 0 aromatic heterocycles. The quantitative estimate of drug-likeness (QED) is 0.500. The molecule has 0 aliphatic carbocycles. The summed E-state index contributed by atoms with van der Waals surface area (Å²) in [6.45, 7) is 1.93. The minimum Gasteiger partial charge on any atom is -0.484 e. The van der Waals surface area contributed by atoms with E-state index >= 15 is 0 Å². The van der Waals surface area contributed by atoms with Gasteiger partial charge in [0.05, 0.1) is 11.7 Å². The van der Waals surface area contributed by atoms with Gasteiger partial charge in [-0.25, -0.2) is 0 Å². The van der Waals surface area contributed by atoms with Crippen molar-refractivity contribution in [3.05, 3.63) is 94.5 Å². The summed E-state index contributed by atoms with van der Waals surface area (Å²) in [5.41, 5.74) is 2.90. The molecule has 0 fully saturated rings. The topological polar surface area (TPSA) is 50.7 Å². The van der Waals surface area contributed by atoms with E-state index in [-0.39, 0.29) is 18.6 Å². The Labute approximate surface area is 173 Å². The molecule has 1 amide bonds. The zero-order valence-corrected chi connectivity index (χ0v) is 17.1. The summed E-state index contributed by atoms with van der Waals surface area (Å²) >= 11 is 3.40. The fourth-order valence-electron chi connectivity index (χ4n) is 2.58. The summed E-state index contributed by atoms with van der Waals surface area (Å²) in [7, 11) is 0. The van der Waals surface area contributed by atoms with Gasteiger partial charge in [0, 0.05) is 10.7 Å². The molecule has 3 aromatic carbocycles. The van der Waals surface area contributed by atoms with Crippen LogP contribution in [0.5, 0.6) is 5.75 Å². The molecule has 142 valence electrons. The average molecular weight is 437 g/mol. The molecule has 3 aromatic rings. The zero-order valence-electron chi connectivity index (χ0n) is 15.5. The molecule has 3 rings (SSSR count). The third kappa shape index (κ3) is 6.06. The minimum absolute atomic E-state index is 0.0243. The Bertz CT molecular complexity index is 923. The van der Waals surface area contributed by atoms with E-state index in [9.17, 15) is 4.79 Å². The molecule has 28 heavy (non-hydrogen) atoms. The van der Waals surface area contributed by atoms with E-state index < -0.39 is 0 Å². The minimum atomic E-state index is -0.155. The third-order valence-corrected chi connectivity index (χ3v) is 4.65. The van der Waals surface area contributed by atoms with Crippen molar-refractivity contribution in [3.8, 4) is 5.75 Å². The van der Waals surface area contributed by atoms with Gasteiger partial charge in [0.15, 0.2) is 6.61 Å². The second-order valence-electron chi connectivity index (χ2n) is 6.29.